The normalized spacial score (nSPS) is 10.3. The van der Waals surface area contributed by atoms with Crippen molar-refractivity contribution in [2.45, 2.75) is 6.54 Å². The Bertz CT molecular complexity index is 715. The van der Waals surface area contributed by atoms with Crippen molar-refractivity contribution in [2.24, 2.45) is 0 Å². The highest BCUT2D eigenvalue weighted by Crippen LogP contribution is 2.20. The van der Waals surface area contributed by atoms with Crippen LogP contribution in [-0.2, 0) is 11.3 Å². The molecule has 0 aliphatic rings. The highest BCUT2D eigenvalue weighted by Gasteiger charge is 2.11. The molecule has 0 fully saturated rings. The molecule has 1 aromatic carbocycles. The molecule has 1 amide bonds. The topological polar surface area (TPSA) is 64.0 Å². The molecule has 1 N–H and O–H groups in total. The summed E-state index contributed by atoms with van der Waals surface area (Å²) in [5.41, 5.74) is -0.180. The molecule has 0 saturated carbocycles. The summed E-state index contributed by atoms with van der Waals surface area (Å²) in [5, 5.41) is 6.58. The molecule has 5 nitrogen and oxygen atoms in total. The number of aromatic nitrogens is 2. The van der Waals surface area contributed by atoms with E-state index in [2.05, 4.69) is 10.4 Å². The Hall–Kier alpha value is -1.56. The molecular weight excluding hydrogens is 325 g/mol. The van der Waals surface area contributed by atoms with Crippen molar-refractivity contribution in [1.29, 1.82) is 0 Å². The van der Waals surface area contributed by atoms with Crippen LogP contribution in [0.1, 0.15) is 0 Å². The molecule has 0 aliphatic carbocycles. The zero-order chi connectivity index (χ0) is 14.7. The largest absolute Gasteiger partial charge is 0.323 e. The predicted molar refractivity (Wildman–Crippen MR) is 78.6 cm³/mol. The Labute approximate surface area is 129 Å². The van der Waals surface area contributed by atoms with Crippen molar-refractivity contribution in [2.75, 3.05) is 5.32 Å². The lowest BCUT2D eigenvalue weighted by molar-refractivity contribution is -0.117. The third-order valence-corrected chi connectivity index (χ3v) is 3.46. The van der Waals surface area contributed by atoms with E-state index in [1.165, 1.54) is 6.20 Å². The number of carbonyl (C=O) groups is 1. The molecular formula is C12H8Cl3N3O2. The van der Waals surface area contributed by atoms with Crippen LogP contribution in [0.25, 0.3) is 0 Å². The van der Waals surface area contributed by atoms with Gasteiger partial charge in [-0.25, -0.2) is 4.68 Å². The summed E-state index contributed by atoms with van der Waals surface area (Å²) in [5.74, 6) is -0.453. The Morgan fingerprint density at radius 1 is 1.20 bits per heavy atom. The summed E-state index contributed by atoms with van der Waals surface area (Å²) in [7, 11) is 0. The van der Waals surface area contributed by atoms with E-state index in [-0.39, 0.29) is 16.6 Å². The molecule has 0 unspecified atom stereocenters. The van der Waals surface area contributed by atoms with Gasteiger partial charge >= 0.3 is 0 Å². The fourth-order valence-corrected chi connectivity index (χ4v) is 1.90. The van der Waals surface area contributed by atoms with E-state index in [0.29, 0.717) is 10.7 Å². The SMILES string of the molecule is O=C(Cn1ncc(Cl)c(Cl)c1=O)Nc1ccccc1Cl. The molecule has 8 heteroatoms. The molecule has 2 aromatic rings. The van der Waals surface area contributed by atoms with E-state index in [1.54, 1.807) is 24.3 Å². The lowest BCUT2D eigenvalue weighted by Gasteiger charge is -2.08. The van der Waals surface area contributed by atoms with Gasteiger partial charge in [-0.1, -0.05) is 46.9 Å². The molecule has 0 bridgehead atoms. The minimum Gasteiger partial charge on any atom is -0.323 e. The van der Waals surface area contributed by atoms with E-state index in [1.807, 2.05) is 0 Å². The van der Waals surface area contributed by atoms with E-state index in [9.17, 15) is 9.59 Å². The number of nitrogens with zero attached hydrogens (tertiary/aromatic N) is 2. The van der Waals surface area contributed by atoms with Gasteiger partial charge in [0, 0.05) is 0 Å². The Kier molecular flexibility index (Phi) is 4.65. The van der Waals surface area contributed by atoms with Crippen LogP contribution in [0.2, 0.25) is 15.1 Å². The van der Waals surface area contributed by atoms with Crippen LogP contribution >= 0.6 is 34.8 Å². The molecule has 104 valence electrons. The van der Waals surface area contributed by atoms with Gasteiger partial charge in [-0.15, -0.1) is 0 Å². The monoisotopic (exact) mass is 331 g/mol. The lowest BCUT2D eigenvalue weighted by Crippen LogP contribution is -2.29. The molecule has 1 aromatic heterocycles. The van der Waals surface area contributed by atoms with Crippen LogP contribution < -0.4 is 10.9 Å². The van der Waals surface area contributed by atoms with Crippen LogP contribution in [0.4, 0.5) is 5.69 Å². The summed E-state index contributed by atoms with van der Waals surface area (Å²) in [4.78, 5) is 23.6. The van der Waals surface area contributed by atoms with Gasteiger partial charge in [-0.2, -0.15) is 5.10 Å². The highest BCUT2D eigenvalue weighted by atomic mass is 35.5. The Morgan fingerprint density at radius 3 is 2.60 bits per heavy atom. The van der Waals surface area contributed by atoms with Crippen molar-refractivity contribution in [1.82, 2.24) is 9.78 Å². The van der Waals surface area contributed by atoms with Gasteiger partial charge in [-0.3, -0.25) is 9.59 Å². The maximum atomic E-state index is 11.8. The average molecular weight is 333 g/mol. The van der Waals surface area contributed by atoms with Gasteiger partial charge < -0.3 is 5.32 Å². The molecule has 2 rings (SSSR count). The third kappa shape index (κ3) is 3.30. The summed E-state index contributed by atoms with van der Waals surface area (Å²) >= 11 is 17.3. The minimum atomic E-state index is -0.631. The highest BCUT2D eigenvalue weighted by molar-refractivity contribution is 6.41. The molecule has 0 atom stereocenters. The van der Waals surface area contributed by atoms with Crippen molar-refractivity contribution in [3.63, 3.8) is 0 Å². The van der Waals surface area contributed by atoms with Gasteiger partial charge in [0.15, 0.2) is 0 Å². The van der Waals surface area contributed by atoms with Gasteiger partial charge in [0.1, 0.15) is 11.6 Å². The summed E-state index contributed by atoms with van der Waals surface area (Å²) in [6.45, 7) is -0.291. The van der Waals surface area contributed by atoms with Crippen molar-refractivity contribution in [3.8, 4) is 0 Å². The second-order valence-electron chi connectivity index (χ2n) is 3.80. The quantitative estimate of drug-likeness (QED) is 0.940. The summed E-state index contributed by atoms with van der Waals surface area (Å²) in [6.07, 6.45) is 1.20. The first-order valence-electron chi connectivity index (χ1n) is 5.44. The van der Waals surface area contributed by atoms with Crippen LogP contribution in [0.3, 0.4) is 0 Å². The maximum Gasteiger partial charge on any atom is 0.287 e. The first-order chi connectivity index (χ1) is 9.49. The van der Waals surface area contributed by atoms with Crippen molar-refractivity contribution < 1.29 is 4.79 Å². The van der Waals surface area contributed by atoms with Crippen LogP contribution in [0.15, 0.2) is 35.3 Å². The number of amides is 1. The number of halogens is 3. The van der Waals surface area contributed by atoms with E-state index < -0.39 is 11.5 Å². The lowest BCUT2D eigenvalue weighted by atomic mass is 10.3. The predicted octanol–water partition coefficient (Wildman–Crippen LogP) is 2.84. The van der Waals surface area contributed by atoms with Gasteiger partial charge in [0.2, 0.25) is 5.91 Å². The third-order valence-electron chi connectivity index (χ3n) is 2.38. The fourth-order valence-electron chi connectivity index (χ4n) is 1.45. The molecule has 0 aliphatic heterocycles. The molecule has 0 saturated heterocycles. The number of carbonyl (C=O) groups excluding carboxylic acids is 1. The fraction of sp³-hybridized carbons (Fsp3) is 0.0833. The number of hydrogen-bond donors (Lipinski definition) is 1. The number of para-hydroxylation sites is 1. The van der Waals surface area contributed by atoms with E-state index in [4.69, 9.17) is 34.8 Å². The zero-order valence-electron chi connectivity index (χ0n) is 9.94. The summed E-state index contributed by atoms with van der Waals surface area (Å²) < 4.78 is 0.917. The molecule has 1 heterocycles. The number of nitrogens with one attached hydrogen (secondary N) is 1. The number of rotatable bonds is 3. The Balaban J connectivity index is 2.15. The van der Waals surface area contributed by atoms with Crippen LogP contribution in [0.5, 0.6) is 0 Å². The Morgan fingerprint density at radius 2 is 1.90 bits per heavy atom. The minimum absolute atomic E-state index is 0.0411. The van der Waals surface area contributed by atoms with Gasteiger partial charge in [0.25, 0.3) is 5.56 Å². The number of hydrogen-bond acceptors (Lipinski definition) is 3. The van der Waals surface area contributed by atoms with Crippen LogP contribution in [0, 0.1) is 0 Å². The smallest absolute Gasteiger partial charge is 0.287 e. The van der Waals surface area contributed by atoms with E-state index in [0.717, 1.165) is 4.68 Å². The zero-order valence-corrected chi connectivity index (χ0v) is 12.2. The van der Waals surface area contributed by atoms with Crippen LogP contribution in [-0.4, -0.2) is 15.7 Å². The van der Waals surface area contributed by atoms with Crippen molar-refractivity contribution >= 4 is 46.4 Å². The second kappa shape index (κ2) is 6.26. The molecule has 0 spiro atoms. The molecule has 20 heavy (non-hydrogen) atoms. The van der Waals surface area contributed by atoms with E-state index >= 15 is 0 Å². The van der Waals surface area contributed by atoms with Gasteiger partial charge in [-0.05, 0) is 12.1 Å². The van der Waals surface area contributed by atoms with Crippen molar-refractivity contribution in [3.05, 3.63) is 55.9 Å². The second-order valence-corrected chi connectivity index (χ2v) is 4.99. The van der Waals surface area contributed by atoms with Gasteiger partial charge in [0.05, 0.1) is 21.9 Å². The molecule has 0 radical (unpaired) electrons. The summed E-state index contributed by atoms with van der Waals surface area (Å²) in [6, 6.07) is 6.75. The first kappa shape index (κ1) is 14.8. The maximum absolute atomic E-state index is 11.8. The number of benzene rings is 1. The number of anilines is 1. The first-order valence-corrected chi connectivity index (χ1v) is 6.58. The average Bonchev–Trinajstić information content (AvgIpc) is 2.42. The standard InChI is InChI=1S/C12H8Cl3N3O2/c13-7-3-1-2-4-9(7)17-10(19)6-18-12(20)11(15)8(14)5-16-18/h1-5H,6H2,(H,17,19).